The second-order valence-electron chi connectivity index (χ2n) is 3.51. The molecule has 1 aromatic carbocycles. The van der Waals surface area contributed by atoms with Crippen molar-refractivity contribution in [2.45, 2.75) is 24.0 Å². The van der Waals surface area contributed by atoms with E-state index in [9.17, 15) is 4.39 Å². The summed E-state index contributed by atoms with van der Waals surface area (Å²) < 4.78 is 23.6. The van der Waals surface area contributed by atoms with E-state index in [1.54, 1.807) is 12.1 Å². The Labute approximate surface area is 96.5 Å². The minimum atomic E-state index is -0.250. The van der Waals surface area contributed by atoms with E-state index in [-0.39, 0.29) is 16.9 Å². The molecule has 1 aliphatic rings. The zero-order valence-electron chi connectivity index (χ0n) is 8.16. The van der Waals surface area contributed by atoms with Crippen LogP contribution >= 0.6 is 15.9 Å². The van der Waals surface area contributed by atoms with Crippen molar-refractivity contribution in [1.29, 1.82) is 0 Å². The first kappa shape index (κ1) is 10.9. The highest BCUT2D eigenvalue weighted by molar-refractivity contribution is 9.09. The number of alkyl halides is 1. The normalized spacial score (nSPS) is 25.5. The summed E-state index contributed by atoms with van der Waals surface area (Å²) in [6, 6.07) is 6.02. The van der Waals surface area contributed by atoms with Crippen LogP contribution in [0.4, 0.5) is 4.39 Å². The van der Waals surface area contributed by atoms with Crippen LogP contribution in [0.3, 0.4) is 0 Å². The van der Waals surface area contributed by atoms with Gasteiger partial charge in [0.2, 0.25) is 0 Å². The van der Waals surface area contributed by atoms with Crippen LogP contribution in [0.25, 0.3) is 0 Å². The van der Waals surface area contributed by atoms with E-state index in [1.807, 2.05) is 0 Å². The molecule has 0 radical (unpaired) electrons. The maximum atomic E-state index is 12.6. The van der Waals surface area contributed by atoms with E-state index in [1.165, 1.54) is 12.1 Å². The van der Waals surface area contributed by atoms with E-state index in [0.29, 0.717) is 12.4 Å². The van der Waals surface area contributed by atoms with Gasteiger partial charge in [-0.15, -0.1) is 0 Å². The summed E-state index contributed by atoms with van der Waals surface area (Å²) >= 11 is 3.39. The van der Waals surface area contributed by atoms with Crippen LogP contribution in [0, 0.1) is 5.82 Å². The summed E-state index contributed by atoms with van der Waals surface area (Å²) in [6.07, 6.45) is 2.15. The lowest BCUT2D eigenvalue weighted by molar-refractivity contribution is 0.0568. The van der Waals surface area contributed by atoms with E-state index in [2.05, 4.69) is 15.9 Å². The number of hydrogen-bond acceptors (Lipinski definition) is 2. The zero-order chi connectivity index (χ0) is 10.7. The predicted molar refractivity (Wildman–Crippen MR) is 58.7 cm³/mol. The first-order chi connectivity index (χ1) is 7.24. The smallest absolute Gasteiger partial charge is 0.123 e. The maximum Gasteiger partial charge on any atom is 0.123 e. The van der Waals surface area contributed by atoms with E-state index in [0.717, 1.165) is 12.8 Å². The summed E-state index contributed by atoms with van der Waals surface area (Å²) in [5.41, 5.74) is 0. The average molecular weight is 275 g/mol. The molecule has 1 heterocycles. The molecule has 82 valence electrons. The van der Waals surface area contributed by atoms with Crippen LogP contribution in [0.1, 0.15) is 12.8 Å². The maximum absolute atomic E-state index is 12.6. The molecule has 0 saturated carbocycles. The molecule has 0 N–H and O–H groups in total. The van der Waals surface area contributed by atoms with Crippen molar-refractivity contribution in [3.63, 3.8) is 0 Å². The molecule has 2 nitrogen and oxygen atoms in total. The molecule has 1 aromatic rings. The van der Waals surface area contributed by atoms with Crippen molar-refractivity contribution in [1.82, 2.24) is 0 Å². The van der Waals surface area contributed by atoms with Crippen LogP contribution in [-0.4, -0.2) is 17.7 Å². The zero-order valence-corrected chi connectivity index (χ0v) is 9.74. The molecule has 1 aliphatic heterocycles. The third kappa shape index (κ3) is 3.18. The highest BCUT2D eigenvalue weighted by Gasteiger charge is 2.23. The Kier molecular flexibility index (Phi) is 3.59. The Morgan fingerprint density at radius 2 is 2.07 bits per heavy atom. The van der Waals surface area contributed by atoms with Gasteiger partial charge >= 0.3 is 0 Å². The highest BCUT2D eigenvalue weighted by Crippen LogP contribution is 2.24. The largest absolute Gasteiger partial charge is 0.491 e. The van der Waals surface area contributed by atoms with E-state index >= 15 is 0 Å². The van der Waals surface area contributed by atoms with Crippen molar-refractivity contribution >= 4 is 15.9 Å². The monoisotopic (exact) mass is 274 g/mol. The number of benzene rings is 1. The summed E-state index contributed by atoms with van der Waals surface area (Å²) in [7, 11) is 0. The van der Waals surface area contributed by atoms with Gasteiger partial charge in [-0.3, -0.25) is 0 Å². The first-order valence-corrected chi connectivity index (χ1v) is 5.83. The Morgan fingerprint density at radius 3 is 2.67 bits per heavy atom. The molecule has 0 amide bonds. The average Bonchev–Trinajstić information content (AvgIpc) is 2.64. The quantitative estimate of drug-likeness (QED) is 0.789. The lowest BCUT2D eigenvalue weighted by Crippen LogP contribution is -2.17. The fraction of sp³-hybridized carbons (Fsp3) is 0.455. The Morgan fingerprint density at radius 1 is 1.33 bits per heavy atom. The minimum Gasteiger partial charge on any atom is -0.491 e. The minimum absolute atomic E-state index is 0.138. The number of ether oxygens (including phenoxy) is 2. The van der Waals surface area contributed by atoms with Crippen molar-refractivity contribution in [2.75, 3.05) is 6.61 Å². The Hall–Kier alpha value is -0.610. The molecule has 0 spiro atoms. The predicted octanol–water partition coefficient (Wildman–Crippen LogP) is 3.10. The Balaban J connectivity index is 1.80. The van der Waals surface area contributed by atoms with Gasteiger partial charge in [0.05, 0.1) is 6.10 Å². The fourth-order valence-electron chi connectivity index (χ4n) is 1.50. The standard InChI is InChI=1S/C11H12BrFO2/c12-11-6-5-10(15-11)7-14-9-3-1-8(13)2-4-9/h1-4,10-11H,5-7H2/t10-,11?/m0/s1. The van der Waals surface area contributed by atoms with Gasteiger partial charge in [-0.1, -0.05) is 15.9 Å². The molecule has 15 heavy (non-hydrogen) atoms. The third-order valence-corrected chi connectivity index (χ3v) is 2.98. The lowest BCUT2D eigenvalue weighted by Gasteiger charge is -2.11. The van der Waals surface area contributed by atoms with Gasteiger partial charge in [0, 0.05) is 0 Å². The summed E-state index contributed by atoms with van der Waals surface area (Å²) in [6.45, 7) is 0.522. The molecule has 0 aromatic heterocycles. The molecule has 0 aliphatic carbocycles. The summed E-state index contributed by atoms with van der Waals surface area (Å²) in [5, 5.41) is 0.152. The van der Waals surface area contributed by atoms with Gasteiger partial charge in [-0.25, -0.2) is 4.39 Å². The van der Waals surface area contributed by atoms with E-state index in [4.69, 9.17) is 9.47 Å². The van der Waals surface area contributed by atoms with E-state index < -0.39 is 0 Å². The van der Waals surface area contributed by atoms with Crippen molar-refractivity contribution in [3.8, 4) is 5.75 Å². The number of halogens is 2. The first-order valence-electron chi connectivity index (χ1n) is 4.92. The lowest BCUT2D eigenvalue weighted by atomic mass is 10.2. The van der Waals surface area contributed by atoms with Gasteiger partial charge < -0.3 is 9.47 Å². The molecular formula is C11H12BrFO2. The van der Waals surface area contributed by atoms with Crippen molar-refractivity contribution < 1.29 is 13.9 Å². The number of rotatable bonds is 3. The highest BCUT2D eigenvalue weighted by atomic mass is 79.9. The third-order valence-electron chi connectivity index (χ3n) is 2.31. The fourth-order valence-corrected chi connectivity index (χ4v) is 2.07. The molecule has 0 bridgehead atoms. The van der Waals surface area contributed by atoms with Gasteiger partial charge in [0.25, 0.3) is 0 Å². The van der Waals surface area contributed by atoms with Crippen molar-refractivity contribution in [2.24, 2.45) is 0 Å². The molecular weight excluding hydrogens is 263 g/mol. The van der Waals surface area contributed by atoms with Crippen LogP contribution in [0.5, 0.6) is 5.75 Å². The second kappa shape index (κ2) is 4.94. The van der Waals surface area contributed by atoms with Crippen LogP contribution in [0.2, 0.25) is 0 Å². The van der Waals surface area contributed by atoms with Crippen LogP contribution in [-0.2, 0) is 4.74 Å². The van der Waals surface area contributed by atoms with Gasteiger partial charge in [0.1, 0.15) is 23.2 Å². The van der Waals surface area contributed by atoms with Gasteiger partial charge in [-0.05, 0) is 37.1 Å². The number of hydrogen-bond donors (Lipinski definition) is 0. The van der Waals surface area contributed by atoms with Gasteiger partial charge in [0.15, 0.2) is 0 Å². The van der Waals surface area contributed by atoms with Gasteiger partial charge in [-0.2, -0.15) is 0 Å². The van der Waals surface area contributed by atoms with Crippen LogP contribution < -0.4 is 4.74 Å². The molecule has 1 fully saturated rings. The van der Waals surface area contributed by atoms with Crippen molar-refractivity contribution in [3.05, 3.63) is 30.1 Å². The van der Waals surface area contributed by atoms with Crippen LogP contribution in [0.15, 0.2) is 24.3 Å². The molecule has 1 unspecified atom stereocenters. The summed E-state index contributed by atoms with van der Waals surface area (Å²) in [5.74, 6) is 0.429. The summed E-state index contributed by atoms with van der Waals surface area (Å²) in [4.78, 5) is 0. The Bertz CT molecular complexity index is 315. The molecule has 4 heteroatoms. The topological polar surface area (TPSA) is 18.5 Å². The molecule has 2 atom stereocenters. The SMILES string of the molecule is Fc1ccc(OC[C@@H]2CCC(Br)O2)cc1. The second-order valence-corrected chi connectivity index (χ2v) is 4.53. The molecule has 2 rings (SSSR count). The molecule has 1 saturated heterocycles.